The van der Waals surface area contributed by atoms with Crippen LogP contribution in [-0.2, 0) is 19.1 Å². The number of ether oxygens (including phenoxy) is 1. The van der Waals surface area contributed by atoms with Crippen molar-refractivity contribution in [3.05, 3.63) is 35.4 Å². The minimum Gasteiger partial charge on any atom is -0.444 e. The topological polar surface area (TPSA) is 131 Å². The van der Waals surface area contributed by atoms with E-state index in [1.165, 1.54) is 0 Å². The summed E-state index contributed by atoms with van der Waals surface area (Å²) in [7, 11) is 0. The summed E-state index contributed by atoms with van der Waals surface area (Å²) in [4.78, 5) is 51.5. The van der Waals surface area contributed by atoms with Crippen LogP contribution in [0.1, 0.15) is 71.6 Å². The lowest BCUT2D eigenvalue weighted by atomic mass is 9.99. The molecule has 0 saturated heterocycles. The molecule has 0 aromatic heterocycles. The van der Waals surface area contributed by atoms with Crippen molar-refractivity contribution in [2.24, 2.45) is 5.73 Å². The number of primary amides is 1. The first-order chi connectivity index (χ1) is 16.1. The Morgan fingerprint density at radius 2 is 1.63 bits per heavy atom. The first-order valence-electron chi connectivity index (χ1n) is 11.0. The summed E-state index contributed by atoms with van der Waals surface area (Å²) in [6.45, 7) is 10.3. The van der Waals surface area contributed by atoms with Crippen LogP contribution >= 0.6 is 0 Å². The molecule has 2 unspecified atom stereocenters. The Labute approximate surface area is 207 Å². The van der Waals surface area contributed by atoms with Gasteiger partial charge in [0.25, 0.3) is 5.91 Å². The molecule has 1 rings (SSSR count). The molecule has 35 heavy (non-hydrogen) atoms. The summed E-state index contributed by atoms with van der Waals surface area (Å²) >= 11 is 0. The molecule has 1 aromatic carbocycles. The summed E-state index contributed by atoms with van der Waals surface area (Å²) in [5.74, 6) is 0.491. The highest BCUT2D eigenvalue weighted by molar-refractivity contribution is 5.93. The highest BCUT2D eigenvalue weighted by Crippen LogP contribution is 2.24. The predicted molar refractivity (Wildman–Crippen MR) is 132 cm³/mol. The van der Waals surface area contributed by atoms with Crippen LogP contribution in [0, 0.1) is 24.8 Å². The van der Waals surface area contributed by atoms with Crippen molar-refractivity contribution >= 4 is 23.8 Å². The fourth-order valence-electron chi connectivity index (χ4n) is 3.04. The van der Waals surface area contributed by atoms with E-state index >= 15 is 0 Å². The standard InChI is InChI=1S/C26H34N4O5/c1-9-17-11-13-18(14-12-17)21(22(32)29-25(3,4)5)30(10-2)23(33)19(15-16-20(27)31)28-24(34)35-26(6,7)8/h1-2,11-14,19,21H,15-16H2,3-8H3,(H2,27,31)(H,28,34)(H,29,32). The third kappa shape index (κ3) is 9.81. The SMILES string of the molecule is C#Cc1ccc(C(C(=O)NC(C)(C)C)N(C#C)C(=O)C(CCC(N)=O)NC(=O)OC(C)(C)C)cc1. The van der Waals surface area contributed by atoms with Gasteiger partial charge in [0.2, 0.25) is 11.8 Å². The van der Waals surface area contributed by atoms with Gasteiger partial charge >= 0.3 is 6.09 Å². The summed E-state index contributed by atoms with van der Waals surface area (Å²) in [5.41, 5.74) is 4.77. The zero-order chi connectivity index (χ0) is 27.0. The molecule has 4 amide bonds. The highest BCUT2D eigenvalue weighted by atomic mass is 16.6. The molecule has 9 nitrogen and oxygen atoms in total. The smallest absolute Gasteiger partial charge is 0.408 e. The van der Waals surface area contributed by atoms with Gasteiger partial charge in [-0.15, -0.1) is 6.42 Å². The third-order valence-electron chi connectivity index (χ3n) is 4.44. The van der Waals surface area contributed by atoms with Gasteiger partial charge < -0.3 is 21.1 Å². The Bertz CT molecular complexity index is 1020. The number of rotatable bonds is 8. The number of nitrogens with two attached hydrogens (primary N) is 1. The van der Waals surface area contributed by atoms with Crippen molar-refractivity contribution < 1.29 is 23.9 Å². The van der Waals surface area contributed by atoms with Crippen LogP contribution in [-0.4, -0.2) is 45.9 Å². The number of nitrogens with one attached hydrogen (secondary N) is 2. The van der Waals surface area contributed by atoms with Gasteiger partial charge in [-0.3, -0.25) is 19.3 Å². The van der Waals surface area contributed by atoms with E-state index in [9.17, 15) is 19.2 Å². The molecule has 0 aliphatic carbocycles. The van der Waals surface area contributed by atoms with Gasteiger partial charge in [0, 0.05) is 23.6 Å². The van der Waals surface area contributed by atoms with Crippen molar-refractivity contribution in [3.63, 3.8) is 0 Å². The van der Waals surface area contributed by atoms with Crippen molar-refractivity contribution in [2.75, 3.05) is 0 Å². The third-order valence-corrected chi connectivity index (χ3v) is 4.44. The normalized spacial score (nSPS) is 12.8. The molecule has 0 fully saturated rings. The van der Waals surface area contributed by atoms with Gasteiger partial charge in [-0.25, -0.2) is 4.79 Å². The number of alkyl carbamates (subject to hydrolysis) is 1. The van der Waals surface area contributed by atoms with Crippen LogP contribution in [0.4, 0.5) is 4.79 Å². The predicted octanol–water partition coefficient (Wildman–Crippen LogP) is 2.20. The summed E-state index contributed by atoms with van der Waals surface area (Å²) in [5, 5.41) is 5.26. The summed E-state index contributed by atoms with van der Waals surface area (Å²) < 4.78 is 5.24. The summed E-state index contributed by atoms with van der Waals surface area (Å²) in [6.07, 6.45) is 9.89. The number of carbonyl (C=O) groups excluding carboxylic acids is 4. The number of nitrogens with zero attached hydrogens (tertiary/aromatic N) is 1. The van der Waals surface area contributed by atoms with Gasteiger partial charge in [-0.1, -0.05) is 24.5 Å². The van der Waals surface area contributed by atoms with Crippen molar-refractivity contribution in [1.29, 1.82) is 0 Å². The minimum atomic E-state index is -1.27. The second-order valence-corrected chi connectivity index (χ2v) is 9.95. The molecule has 0 spiro atoms. The maximum absolute atomic E-state index is 13.5. The molecule has 0 aliphatic heterocycles. The Balaban J connectivity index is 3.43. The van der Waals surface area contributed by atoms with E-state index in [0.717, 1.165) is 4.90 Å². The quantitative estimate of drug-likeness (QED) is 0.386. The van der Waals surface area contributed by atoms with Crippen LogP contribution in [0.15, 0.2) is 24.3 Å². The van der Waals surface area contributed by atoms with Crippen molar-refractivity contribution in [3.8, 4) is 24.8 Å². The van der Waals surface area contributed by atoms with E-state index in [4.69, 9.17) is 23.3 Å². The minimum absolute atomic E-state index is 0.144. The first kappa shape index (κ1) is 29.1. The van der Waals surface area contributed by atoms with Crippen LogP contribution in [0.3, 0.4) is 0 Å². The number of terminal acetylenes is 2. The molecule has 0 radical (unpaired) electrons. The first-order valence-corrected chi connectivity index (χ1v) is 11.0. The molecular weight excluding hydrogens is 448 g/mol. The molecule has 1 aromatic rings. The molecule has 0 saturated carbocycles. The van der Waals surface area contributed by atoms with Gasteiger partial charge in [0.05, 0.1) is 0 Å². The van der Waals surface area contributed by atoms with Crippen LogP contribution in [0.2, 0.25) is 0 Å². The molecule has 0 bridgehead atoms. The lowest BCUT2D eigenvalue weighted by Crippen LogP contribution is -2.53. The fourth-order valence-corrected chi connectivity index (χ4v) is 3.04. The van der Waals surface area contributed by atoms with E-state index < -0.39 is 47.0 Å². The number of carbonyl (C=O) groups is 4. The van der Waals surface area contributed by atoms with E-state index in [1.54, 1.807) is 65.8 Å². The van der Waals surface area contributed by atoms with Crippen LogP contribution < -0.4 is 16.4 Å². The van der Waals surface area contributed by atoms with E-state index in [-0.39, 0.29) is 12.8 Å². The number of hydrogen-bond donors (Lipinski definition) is 3. The van der Waals surface area contributed by atoms with Gasteiger partial charge in [0.1, 0.15) is 17.7 Å². The Hall–Kier alpha value is -3.98. The number of amides is 4. The van der Waals surface area contributed by atoms with Crippen molar-refractivity contribution in [2.45, 2.75) is 77.6 Å². The molecule has 4 N–H and O–H groups in total. The second kappa shape index (κ2) is 11.9. The molecule has 0 heterocycles. The van der Waals surface area contributed by atoms with Crippen molar-refractivity contribution in [1.82, 2.24) is 15.5 Å². The van der Waals surface area contributed by atoms with Gasteiger partial charge in [0.15, 0.2) is 0 Å². The van der Waals surface area contributed by atoms with E-state index in [0.29, 0.717) is 11.1 Å². The maximum atomic E-state index is 13.5. The number of benzene rings is 1. The summed E-state index contributed by atoms with van der Waals surface area (Å²) in [6, 6.07) is 6.18. The number of hydrogen-bond acceptors (Lipinski definition) is 5. The van der Waals surface area contributed by atoms with Gasteiger partial charge in [-0.05, 0) is 65.7 Å². The zero-order valence-electron chi connectivity index (χ0n) is 21.1. The van der Waals surface area contributed by atoms with E-state index in [1.807, 2.05) is 0 Å². The van der Waals surface area contributed by atoms with Crippen LogP contribution in [0.25, 0.3) is 0 Å². The average molecular weight is 483 g/mol. The zero-order valence-corrected chi connectivity index (χ0v) is 21.1. The Morgan fingerprint density at radius 3 is 2.06 bits per heavy atom. The lowest BCUT2D eigenvalue weighted by molar-refractivity contribution is -0.139. The Morgan fingerprint density at radius 1 is 1.06 bits per heavy atom. The second-order valence-electron chi connectivity index (χ2n) is 9.95. The largest absolute Gasteiger partial charge is 0.444 e. The molecular formula is C26H34N4O5. The van der Waals surface area contributed by atoms with Crippen LogP contribution in [0.5, 0.6) is 0 Å². The fraction of sp³-hybridized carbons (Fsp3) is 0.462. The maximum Gasteiger partial charge on any atom is 0.408 e. The van der Waals surface area contributed by atoms with Gasteiger partial charge in [-0.2, -0.15) is 0 Å². The molecule has 0 aliphatic rings. The molecule has 2 atom stereocenters. The molecule has 188 valence electrons. The lowest BCUT2D eigenvalue weighted by Gasteiger charge is -2.32. The molecule has 9 heteroatoms. The Kier molecular flexibility index (Phi) is 9.91. The monoisotopic (exact) mass is 482 g/mol. The highest BCUT2D eigenvalue weighted by Gasteiger charge is 2.37. The van der Waals surface area contributed by atoms with E-state index in [2.05, 4.69) is 22.6 Å². The average Bonchev–Trinajstić information content (AvgIpc) is 2.71.